The fourth-order valence-electron chi connectivity index (χ4n) is 2.46. The van der Waals surface area contributed by atoms with Crippen LogP contribution in [0.15, 0.2) is 43.0 Å². The van der Waals surface area contributed by atoms with Gasteiger partial charge in [-0.05, 0) is 50.9 Å². The van der Waals surface area contributed by atoms with Gasteiger partial charge in [0.1, 0.15) is 5.60 Å². The second-order valence-corrected chi connectivity index (χ2v) is 14.2. The lowest BCUT2D eigenvalue weighted by molar-refractivity contribution is 0.0433. The molecule has 1 aromatic carbocycles. The first-order valence-corrected chi connectivity index (χ1v) is 12.5. The summed E-state index contributed by atoms with van der Waals surface area (Å²) < 4.78 is 12.2. The average molecular weight is 392 g/mol. The maximum absolute atomic E-state index is 12.5. The van der Waals surface area contributed by atoms with Gasteiger partial charge >= 0.3 is 6.09 Å². The minimum atomic E-state index is -2.04. The molecule has 27 heavy (non-hydrogen) atoms. The van der Waals surface area contributed by atoms with Crippen LogP contribution in [0.25, 0.3) is 0 Å². The van der Waals surface area contributed by atoms with Crippen molar-refractivity contribution < 1.29 is 14.0 Å². The first-order chi connectivity index (χ1) is 12.3. The molecule has 0 saturated heterocycles. The number of alkyl carbamates (subject to hydrolysis) is 1. The normalized spacial score (nSPS) is 15.0. The summed E-state index contributed by atoms with van der Waals surface area (Å²) in [5.74, 6) is 0. The van der Waals surface area contributed by atoms with Crippen LogP contribution in [-0.2, 0) is 9.16 Å². The van der Waals surface area contributed by atoms with Crippen molar-refractivity contribution >= 4 is 14.4 Å². The van der Waals surface area contributed by atoms with Gasteiger partial charge in [0.25, 0.3) is 0 Å². The first kappa shape index (κ1) is 23.4. The van der Waals surface area contributed by atoms with Gasteiger partial charge in [-0.15, -0.1) is 6.58 Å². The zero-order chi connectivity index (χ0) is 20.9. The largest absolute Gasteiger partial charge is 0.444 e. The maximum Gasteiger partial charge on any atom is 0.408 e. The Hall–Kier alpha value is -1.59. The van der Waals surface area contributed by atoms with Crippen molar-refractivity contribution in [3.63, 3.8) is 0 Å². The molecule has 0 aliphatic rings. The molecular formula is C22H37NO3Si. The Balaban J connectivity index is 3.20. The molecule has 1 N–H and O–H groups in total. The zero-order valence-electron chi connectivity index (χ0n) is 18.3. The van der Waals surface area contributed by atoms with Gasteiger partial charge in [-0.25, -0.2) is 4.79 Å². The summed E-state index contributed by atoms with van der Waals surface area (Å²) >= 11 is 0. The lowest BCUT2D eigenvalue weighted by Gasteiger charge is -2.41. The number of rotatable bonds is 7. The van der Waals surface area contributed by atoms with E-state index in [1.54, 1.807) is 0 Å². The number of hydrogen-bond acceptors (Lipinski definition) is 3. The quantitative estimate of drug-likeness (QED) is 0.443. The molecule has 1 unspecified atom stereocenters. The first-order valence-electron chi connectivity index (χ1n) is 9.60. The smallest absolute Gasteiger partial charge is 0.408 e. The van der Waals surface area contributed by atoms with Crippen LogP contribution in [-0.4, -0.2) is 26.1 Å². The molecular weight excluding hydrogens is 354 g/mol. The Morgan fingerprint density at radius 2 is 1.70 bits per heavy atom. The summed E-state index contributed by atoms with van der Waals surface area (Å²) in [6, 6.07) is 9.60. The van der Waals surface area contributed by atoms with E-state index < -0.39 is 20.0 Å². The summed E-state index contributed by atoms with van der Waals surface area (Å²) in [5.41, 5.74) is 0.438. The van der Waals surface area contributed by atoms with Gasteiger partial charge in [0.15, 0.2) is 8.32 Å². The molecule has 1 amide bonds. The third-order valence-corrected chi connectivity index (χ3v) is 9.36. The van der Waals surface area contributed by atoms with E-state index in [1.807, 2.05) is 57.2 Å². The van der Waals surface area contributed by atoms with E-state index in [2.05, 4.69) is 45.8 Å². The lowest BCUT2D eigenvalue weighted by Crippen LogP contribution is -2.48. The number of benzene rings is 1. The Labute approximate surface area is 166 Å². The summed E-state index contributed by atoms with van der Waals surface area (Å²) in [6.07, 6.45) is 1.84. The molecule has 0 fully saturated rings. The number of amides is 1. The molecule has 4 nitrogen and oxygen atoms in total. The maximum atomic E-state index is 12.5. The highest BCUT2D eigenvalue weighted by Gasteiger charge is 2.41. The van der Waals surface area contributed by atoms with Crippen LogP contribution in [0, 0.1) is 0 Å². The highest BCUT2D eigenvalue weighted by molar-refractivity contribution is 6.74. The van der Waals surface area contributed by atoms with Gasteiger partial charge in [-0.2, -0.15) is 0 Å². The van der Waals surface area contributed by atoms with E-state index in [-0.39, 0.29) is 17.2 Å². The summed E-state index contributed by atoms with van der Waals surface area (Å²) in [5, 5.41) is 3.11. The molecule has 0 heterocycles. The molecule has 2 atom stereocenters. The fourth-order valence-corrected chi connectivity index (χ4v) is 3.80. The van der Waals surface area contributed by atoms with Crippen molar-refractivity contribution in [1.82, 2.24) is 5.32 Å². The minimum absolute atomic E-state index is 0.0690. The van der Waals surface area contributed by atoms with E-state index in [9.17, 15) is 4.79 Å². The van der Waals surface area contributed by atoms with Crippen molar-refractivity contribution in [2.24, 2.45) is 0 Å². The molecule has 152 valence electrons. The van der Waals surface area contributed by atoms with Crippen molar-refractivity contribution in [3.05, 3.63) is 48.6 Å². The fraction of sp³-hybridized carbons (Fsp3) is 0.591. The molecule has 1 aromatic rings. The third-order valence-electron chi connectivity index (χ3n) is 4.85. The number of carbonyl (C=O) groups is 1. The van der Waals surface area contributed by atoms with E-state index in [0.29, 0.717) is 6.42 Å². The van der Waals surface area contributed by atoms with Crippen LogP contribution >= 0.6 is 0 Å². The molecule has 0 saturated carbocycles. The summed E-state index contributed by atoms with van der Waals surface area (Å²) in [7, 11) is -2.04. The summed E-state index contributed by atoms with van der Waals surface area (Å²) in [4.78, 5) is 12.5. The van der Waals surface area contributed by atoms with Crippen LogP contribution < -0.4 is 5.32 Å². The molecule has 0 aliphatic carbocycles. The standard InChI is InChI=1S/C22H37NO3Si/c1-10-14-18(26-27(8,9)22(5,6)7)19(17-15-12-11-13-16-17)23-20(24)25-21(2,3)4/h10-13,15-16,18-19H,1,14H2,2-9H3,(H,23,24)/t18?,19-/m0/s1. The molecule has 0 bridgehead atoms. The van der Waals surface area contributed by atoms with Crippen LogP contribution in [0.5, 0.6) is 0 Å². The minimum Gasteiger partial charge on any atom is -0.444 e. The molecule has 0 radical (unpaired) electrons. The van der Waals surface area contributed by atoms with Crippen molar-refractivity contribution in [2.45, 2.75) is 83.8 Å². The Bertz CT molecular complexity index is 615. The van der Waals surface area contributed by atoms with Crippen LogP contribution in [0.1, 0.15) is 59.6 Å². The highest BCUT2D eigenvalue weighted by Crippen LogP contribution is 2.39. The average Bonchev–Trinajstić information content (AvgIpc) is 2.50. The van der Waals surface area contributed by atoms with Crippen molar-refractivity contribution in [2.75, 3.05) is 0 Å². The third kappa shape index (κ3) is 7.51. The molecule has 0 aliphatic heterocycles. The molecule has 0 aromatic heterocycles. The second-order valence-electron chi connectivity index (χ2n) is 9.48. The predicted molar refractivity (Wildman–Crippen MR) is 115 cm³/mol. The number of carbonyl (C=O) groups excluding carboxylic acids is 1. The number of nitrogens with one attached hydrogen (secondary N) is 1. The summed E-state index contributed by atoms with van der Waals surface area (Å²) in [6.45, 7) is 20.6. The van der Waals surface area contributed by atoms with Crippen LogP contribution in [0.4, 0.5) is 4.79 Å². The van der Waals surface area contributed by atoms with Crippen LogP contribution in [0.2, 0.25) is 18.1 Å². The molecule has 5 heteroatoms. The number of ether oxygens (including phenoxy) is 1. The topological polar surface area (TPSA) is 47.6 Å². The highest BCUT2D eigenvalue weighted by atomic mass is 28.4. The zero-order valence-corrected chi connectivity index (χ0v) is 19.3. The Kier molecular flexibility index (Phi) is 7.87. The Morgan fingerprint density at radius 1 is 1.15 bits per heavy atom. The number of hydrogen-bond donors (Lipinski definition) is 1. The predicted octanol–water partition coefficient (Wildman–Crippen LogP) is 6.22. The van der Waals surface area contributed by atoms with Crippen molar-refractivity contribution in [3.8, 4) is 0 Å². The van der Waals surface area contributed by atoms with Gasteiger partial charge in [0.2, 0.25) is 0 Å². The van der Waals surface area contributed by atoms with Crippen molar-refractivity contribution in [1.29, 1.82) is 0 Å². The second kappa shape index (κ2) is 9.07. The Morgan fingerprint density at radius 3 is 2.15 bits per heavy atom. The van der Waals surface area contributed by atoms with E-state index in [0.717, 1.165) is 5.56 Å². The van der Waals surface area contributed by atoms with E-state index >= 15 is 0 Å². The monoisotopic (exact) mass is 391 g/mol. The van der Waals surface area contributed by atoms with Gasteiger partial charge < -0.3 is 14.5 Å². The molecule has 1 rings (SSSR count). The lowest BCUT2D eigenvalue weighted by atomic mass is 9.99. The van der Waals surface area contributed by atoms with Gasteiger partial charge in [0.05, 0.1) is 12.1 Å². The van der Waals surface area contributed by atoms with E-state index in [4.69, 9.17) is 9.16 Å². The molecule has 0 spiro atoms. The van der Waals surface area contributed by atoms with Gasteiger partial charge in [0, 0.05) is 0 Å². The SMILES string of the molecule is C=CCC(O[Si](C)(C)C(C)(C)C)[C@@H](NC(=O)OC(C)(C)C)c1ccccc1. The van der Waals surface area contributed by atoms with E-state index in [1.165, 1.54) is 0 Å². The van der Waals surface area contributed by atoms with Gasteiger partial charge in [-0.3, -0.25) is 0 Å². The van der Waals surface area contributed by atoms with Crippen LogP contribution in [0.3, 0.4) is 0 Å². The van der Waals surface area contributed by atoms with Gasteiger partial charge in [-0.1, -0.05) is 57.2 Å².